The van der Waals surface area contributed by atoms with E-state index in [0.29, 0.717) is 5.69 Å². The van der Waals surface area contributed by atoms with Gasteiger partial charge in [0.1, 0.15) is 5.82 Å². The van der Waals surface area contributed by atoms with Crippen LogP contribution in [0.5, 0.6) is 0 Å². The van der Waals surface area contributed by atoms with Crippen molar-refractivity contribution in [3.63, 3.8) is 0 Å². The first-order valence-corrected chi connectivity index (χ1v) is 9.88. The number of aromatic nitrogens is 1. The van der Waals surface area contributed by atoms with E-state index < -0.39 is 17.8 Å². The molecular formula is C21H26F3N5O. The quantitative estimate of drug-likeness (QED) is 0.748. The first-order valence-electron chi connectivity index (χ1n) is 9.88. The van der Waals surface area contributed by atoms with Crippen molar-refractivity contribution in [1.29, 1.82) is 0 Å². The van der Waals surface area contributed by atoms with Crippen LogP contribution in [0, 0.1) is 0 Å². The van der Waals surface area contributed by atoms with Gasteiger partial charge in [0, 0.05) is 51.2 Å². The normalized spacial score (nSPS) is 14.4. The lowest BCUT2D eigenvalue weighted by molar-refractivity contribution is -0.136. The SMILES string of the molecule is CN(C)c1ccc(NC(=O)NCc2cccnc2N2CCCCC2)c(C(F)(F)F)c1. The smallest absolute Gasteiger partial charge is 0.378 e. The molecule has 1 aromatic heterocycles. The summed E-state index contributed by atoms with van der Waals surface area (Å²) in [4.78, 5) is 20.5. The minimum atomic E-state index is -4.58. The van der Waals surface area contributed by atoms with Crippen LogP contribution in [-0.2, 0) is 12.7 Å². The minimum Gasteiger partial charge on any atom is -0.378 e. The lowest BCUT2D eigenvalue weighted by Crippen LogP contribution is -2.33. The number of pyridine rings is 1. The highest BCUT2D eigenvalue weighted by Gasteiger charge is 2.34. The largest absolute Gasteiger partial charge is 0.418 e. The van der Waals surface area contributed by atoms with Crippen molar-refractivity contribution < 1.29 is 18.0 Å². The Morgan fingerprint density at radius 2 is 1.90 bits per heavy atom. The molecule has 162 valence electrons. The second-order valence-corrected chi connectivity index (χ2v) is 7.46. The van der Waals surface area contributed by atoms with E-state index in [1.165, 1.54) is 18.6 Å². The number of nitrogens with one attached hydrogen (secondary N) is 2. The van der Waals surface area contributed by atoms with Gasteiger partial charge in [0.25, 0.3) is 0 Å². The molecule has 30 heavy (non-hydrogen) atoms. The topological polar surface area (TPSA) is 60.5 Å². The number of anilines is 3. The highest BCUT2D eigenvalue weighted by atomic mass is 19.4. The van der Waals surface area contributed by atoms with E-state index >= 15 is 0 Å². The zero-order valence-electron chi connectivity index (χ0n) is 17.1. The average molecular weight is 421 g/mol. The number of amides is 2. The van der Waals surface area contributed by atoms with Crippen LogP contribution in [0.3, 0.4) is 0 Å². The number of alkyl halides is 3. The molecule has 2 N–H and O–H groups in total. The van der Waals surface area contributed by atoms with Gasteiger partial charge in [-0.15, -0.1) is 0 Å². The summed E-state index contributed by atoms with van der Waals surface area (Å²) in [7, 11) is 3.31. The van der Waals surface area contributed by atoms with Gasteiger partial charge < -0.3 is 20.4 Å². The minimum absolute atomic E-state index is 0.169. The Morgan fingerprint density at radius 3 is 2.57 bits per heavy atom. The lowest BCUT2D eigenvalue weighted by atomic mass is 10.1. The van der Waals surface area contributed by atoms with E-state index in [9.17, 15) is 18.0 Å². The number of rotatable bonds is 5. The zero-order chi connectivity index (χ0) is 21.7. The number of benzene rings is 1. The number of nitrogens with zero attached hydrogens (tertiary/aromatic N) is 3. The molecule has 9 heteroatoms. The van der Waals surface area contributed by atoms with Gasteiger partial charge in [0.15, 0.2) is 0 Å². The maximum absolute atomic E-state index is 13.4. The summed E-state index contributed by atoms with van der Waals surface area (Å²) in [6, 6.07) is 6.76. The number of carbonyl (C=O) groups excluding carboxylic acids is 1. The van der Waals surface area contributed by atoms with Crippen LogP contribution in [0.15, 0.2) is 36.5 Å². The number of halogens is 3. The van der Waals surface area contributed by atoms with Gasteiger partial charge in [-0.1, -0.05) is 6.07 Å². The fourth-order valence-corrected chi connectivity index (χ4v) is 3.45. The van der Waals surface area contributed by atoms with Crippen LogP contribution in [0.4, 0.5) is 35.2 Å². The highest BCUT2D eigenvalue weighted by Crippen LogP contribution is 2.37. The van der Waals surface area contributed by atoms with Gasteiger partial charge in [-0.3, -0.25) is 0 Å². The van der Waals surface area contributed by atoms with Crippen LogP contribution in [-0.4, -0.2) is 38.2 Å². The second-order valence-electron chi connectivity index (χ2n) is 7.46. The van der Waals surface area contributed by atoms with Crippen LogP contribution in [0.1, 0.15) is 30.4 Å². The number of urea groups is 1. The van der Waals surface area contributed by atoms with Gasteiger partial charge in [-0.2, -0.15) is 13.2 Å². The molecule has 1 fully saturated rings. The standard InChI is InChI=1S/C21H26F3N5O/c1-28(2)16-8-9-18(17(13-16)21(22,23)24)27-20(30)26-14-15-7-6-10-25-19(15)29-11-4-3-5-12-29/h6-10,13H,3-5,11-12,14H2,1-2H3,(H2,26,27,30). The molecule has 0 saturated carbocycles. The van der Waals surface area contributed by atoms with Crippen LogP contribution in [0.2, 0.25) is 0 Å². The summed E-state index contributed by atoms with van der Waals surface area (Å²) in [5.41, 5.74) is 0.0515. The Bertz CT molecular complexity index is 879. The van der Waals surface area contributed by atoms with E-state index in [0.717, 1.165) is 43.4 Å². The summed E-state index contributed by atoms with van der Waals surface area (Å²) in [5.74, 6) is 0.809. The van der Waals surface area contributed by atoms with Crippen LogP contribution in [0.25, 0.3) is 0 Å². The second kappa shape index (κ2) is 9.23. The summed E-state index contributed by atoms with van der Waals surface area (Å²) >= 11 is 0. The maximum atomic E-state index is 13.4. The van der Waals surface area contributed by atoms with Crippen molar-refractivity contribution in [2.75, 3.05) is 42.3 Å². The number of carbonyl (C=O) groups is 1. The Hall–Kier alpha value is -2.97. The van der Waals surface area contributed by atoms with Crippen molar-refractivity contribution in [3.8, 4) is 0 Å². The predicted octanol–water partition coefficient (Wildman–Crippen LogP) is 4.48. The number of hydrogen-bond acceptors (Lipinski definition) is 4. The molecule has 0 aliphatic carbocycles. The molecule has 2 amide bonds. The van der Waals surface area contributed by atoms with E-state index in [4.69, 9.17) is 0 Å². The van der Waals surface area contributed by atoms with Gasteiger partial charge >= 0.3 is 12.2 Å². The molecule has 0 atom stereocenters. The molecule has 0 radical (unpaired) electrons. The predicted molar refractivity (Wildman–Crippen MR) is 112 cm³/mol. The van der Waals surface area contributed by atoms with Crippen molar-refractivity contribution in [2.24, 2.45) is 0 Å². The fraction of sp³-hybridized carbons (Fsp3) is 0.429. The van der Waals surface area contributed by atoms with Crippen molar-refractivity contribution in [3.05, 3.63) is 47.7 Å². The Labute approximate surface area is 174 Å². The third-order valence-corrected chi connectivity index (χ3v) is 5.04. The van der Waals surface area contributed by atoms with Crippen molar-refractivity contribution in [2.45, 2.75) is 32.0 Å². The fourth-order valence-electron chi connectivity index (χ4n) is 3.45. The number of piperidine rings is 1. The molecule has 1 aliphatic rings. The molecular weight excluding hydrogens is 395 g/mol. The summed E-state index contributed by atoms with van der Waals surface area (Å²) in [6.07, 6.45) is 0.489. The first-order chi connectivity index (χ1) is 14.3. The molecule has 0 unspecified atom stereocenters. The first kappa shape index (κ1) is 21.7. The molecule has 1 aliphatic heterocycles. The summed E-state index contributed by atoms with van der Waals surface area (Å²) in [5, 5.41) is 4.98. The van der Waals surface area contributed by atoms with Gasteiger partial charge in [0.05, 0.1) is 11.3 Å². The number of hydrogen-bond donors (Lipinski definition) is 2. The molecule has 6 nitrogen and oxygen atoms in total. The molecule has 3 rings (SSSR count). The van der Waals surface area contributed by atoms with E-state index in [-0.39, 0.29) is 12.2 Å². The molecule has 2 aromatic rings. The summed E-state index contributed by atoms with van der Waals surface area (Å²) in [6.45, 7) is 1.98. The van der Waals surface area contributed by atoms with Gasteiger partial charge in [-0.25, -0.2) is 9.78 Å². The average Bonchev–Trinajstić information content (AvgIpc) is 2.72. The highest BCUT2D eigenvalue weighted by molar-refractivity contribution is 5.90. The Kier molecular flexibility index (Phi) is 6.69. The lowest BCUT2D eigenvalue weighted by Gasteiger charge is -2.29. The van der Waals surface area contributed by atoms with Crippen LogP contribution >= 0.6 is 0 Å². The van der Waals surface area contributed by atoms with Crippen LogP contribution < -0.4 is 20.4 Å². The molecule has 1 saturated heterocycles. The third kappa shape index (κ3) is 5.34. The molecule has 1 aromatic carbocycles. The molecule has 0 bridgehead atoms. The zero-order valence-corrected chi connectivity index (χ0v) is 17.1. The summed E-state index contributed by atoms with van der Waals surface area (Å²) < 4.78 is 40.3. The molecule has 0 spiro atoms. The van der Waals surface area contributed by atoms with Crippen molar-refractivity contribution in [1.82, 2.24) is 10.3 Å². The van der Waals surface area contributed by atoms with Gasteiger partial charge in [0.2, 0.25) is 0 Å². The third-order valence-electron chi connectivity index (χ3n) is 5.04. The van der Waals surface area contributed by atoms with Crippen molar-refractivity contribution >= 4 is 23.2 Å². The van der Waals surface area contributed by atoms with E-state index in [1.807, 2.05) is 6.07 Å². The van der Waals surface area contributed by atoms with E-state index in [2.05, 4.69) is 20.5 Å². The molecule has 2 heterocycles. The maximum Gasteiger partial charge on any atom is 0.418 e. The van der Waals surface area contributed by atoms with E-state index in [1.54, 1.807) is 31.3 Å². The Morgan fingerprint density at radius 1 is 1.17 bits per heavy atom. The Balaban J connectivity index is 1.70. The monoisotopic (exact) mass is 421 g/mol. The van der Waals surface area contributed by atoms with Gasteiger partial charge in [-0.05, 0) is 43.5 Å².